The van der Waals surface area contributed by atoms with Gasteiger partial charge in [-0.25, -0.2) is 4.79 Å². The summed E-state index contributed by atoms with van der Waals surface area (Å²) in [5, 5.41) is 0. The topological polar surface area (TPSA) is 63.7 Å². The van der Waals surface area contributed by atoms with Crippen LogP contribution >= 0.6 is 0 Å². The molecule has 1 atom stereocenters. The molecule has 1 aliphatic heterocycles. The zero-order valence-electron chi connectivity index (χ0n) is 13.6. The lowest BCUT2D eigenvalue weighted by atomic mass is 9.86. The molecule has 1 unspecified atom stereocenters. The van der Waals surface area contributed by atoms with Crippen LogP contribution in [0.25, 0.3) is 0 Å². The highest BCUT2D eigenvalue weighted by atomic mass is 16.5. The van der Waals surface area contributed by atoms with Crippen molar-refractivity contribution >= 4 is 23.3 Å². The van der Waals surface area contributed by atoms with Gasteiger partial charge in [0.15, 0.2) is 0 Å². The van der Waals surface area contributed by atoms with Crippen LogP contribution in [-0.2, 0) is 19.7 Å². The van der Waals surface area contributed by atoms with Gasteiger partial charge in [-0.15, -0.1) is 0 Å². The molecule has 1 aliphatic rings. The molecule has 0 aromatic heterocycles. The Balaban J connectivity index is 2.45. The number of nitrogens with zero attached hydrogens (tertiary/aromatic N) is 1. The normalized spacial score (nSPS) is 15.8. The summed E-state index contributed by atoms with van der Waals surface area (Å²) in [4.78, 5) is 37.6. The van der Waals surface area contributed by atoms with Crippen LogP contribution in [0.3, 0.4) is 0 Å². The highest BCUT2D eigenvalue weighted by molar-refractivity contribution is 6.52. The van der Waals surface area contributed by atoms with Crippen LogP contribution in [0.1, 0.15) is 50.5 Å². The maximum absolute atomic E-state index is 12.2. The van der Waals surface area contributed by atoms with E-state index in [1.54, 1.807) is 26.0 Å². The van der Waals surface area contributed by atoms with Crippen molar-refractivity contribution in [3.05, 3.63) is 29.3 Å². The minimum atomic E-state index is -0.821. The third kappa shape index (κ3) is 2.63. The van der Waals surface area contributed by atoms with Crippen molar-refractivity contribution in [1.29, 1.82) is 0 Å². The summed E-state index contributed by atoms with van der Waals surface area (Å²) in [6, 6.07) is 4.54. The smallest absolute Gasteiger partial charge is 0.328 e. The second kappa shape index (κ2) is 5.55. The number of rotatable bonds is 3. The van der Waals surface area contributed by atoms with Crippen LogP contribution in [-0.4, -0.2) is 30.3 Å². The predicted molar refractivity (Wildman–Crippen MR) is 83.1 cm³/mol. The van der Waals surface area contributed by atoms with Gasteiger partial charge in [-0.3, -0.25) is 14.5 Å². The standard InChI is InChI=1S/C17H21NO4/c1-6-22-16(21)10(2)18-13-8-7-11(17(3,4)5)9-12(13)14(19)15(18)20/h7-10H,6H2,1-5H3. The Morgan fingerprint density at radius 2 is 1.91 bits per heavy atom. The van der Waals surface area contributed by atoms with Crippen LogP contribution < -0.4 is 4.90 Å². The number of carbonyl (C=O) groups excluding carboxylic acids is 3. The molecule has 2 rings (SSSR count). The summed E-state index contributed by atoms with van der Waals surface area (Å²) in [5.41, 5.74) is 1.67. The Morgan fingerprint density at radius 3 is 2.45 bits per heavy atom. The van der Waals surface area contributed by atoms with Gasteiger partial charge in [-0.2, -0.15) is 0 Å². The monoisotopic (exact) mass is 303 g/mol. The molecule has 0 radical (unpaired) electrons. The number of fused-ring (bicyclic) bond motifs is 1. The van der Waals surface area contributed by atoms with Gasteiger partial charge in [0.1, 0.15) is 6.04 Å². The molecule has 0 N–H and O–H groups in total. The average molecular weight is 303 g/mol. The third-order valence-electron chi connectivity index (χ3n) is 3.79. The van der Waals surface area contributed by atoms with Gasteiger partial charge < -0.3 is 4.74 Å². The minimum absolute atomic E-state index is 0.126. The Morgan fingerprint density at radius 1 is 1.27 bits per heavy atom. The molecule has 1 amide bonds. The fourth-order valence-corrected chi connectivity index (χ4v) is 2.48. The van der Waals surface area contributed by atoms with Crippen LogP contribution in [0.2, 0.25) is 0 Å². The molecule has 0 saturated heterocycles. The lowest BCUT2D eigenvalue weighted by Crippen LogP contribution is -2.43. The van der Waals surface area contributed by atoms with Crippen LogP contribution in [0.15, 0.2) is 18.2 Å². The zero-order chi connectivity index (χ0) is 16.7. The van der Waals surface area contributed by atoms with E-state index < -0.39 is 23.7 Å². The van der Waals surface area contributed by atoms with Crippen molar-refractivity contribution in [2.75, 3.05) is 11.5 Å². The van der Waals surface area contributed by atoms with E-state index in [1.807, 2.05) is 26.8 Å². The van der Waals surface area contributed by atoms with E-state index in [0.717, 1.165) is 5.56 Å². The molecule has 0 aliphatic carbocycles. The molecular weight excluding hydrogens is 282 g/mol. The molecule has 0 fully saturated rings. The van der Waals surface area contributed by atoms with Gasteiger partial charge in [0.25, 0.3) is 11.7 Å². The molecule has 1 heterocycles. The number of benzene rings is 1. The van der Waals surface area contributed by atoms with Gasteiger partial charge >= 0.3 is 5.97 Å². The highest BCUT2D eigenvalue weighted by Gasteiger charge is 2.41. The second-order valence-electron chi connectivity index (χ2n) is 6.41. The molecule has 5 heteroatoms. The first kappa shape index (κ1) is 16.2. The number of amides is 1. The molecular formula is C17H21NO4. The van der Waals surface area contributed by atoms with Gasteiger partial charge in [0.2, 0.25) is 0 Å². The summed E-state index contributed by atoms with van der Waals surface area (Å²) in [6.45, 7) is 9.61. The van der Waals surface area contributed by atoms with E-state index in [0.29, 0.717) is 11.3 Å². The number of hydrogen-bond donors (Lipinski definition) is 0. The predicted octanol–water partition coefficient (Wildman–Crippen LogP) is 2.46. The maximum atomic E-state index is 12.2. The number of ketones is 1. The molecule has 118 valence electrons. The van der Waals surface area contributed by atoms with Crippen molar-refractivity contribution < 1.29 is 19.1 Å². The summed E-state index contributed by atoms with van der Waals surface area (Å²) in [7, 11) is 0. The van der Waals surface area contributed by atoms with Gasteiger partial charge in [-0.1, -0.05) is 26.8 Å². The number of ether oxygens (including phenoxy) is 1. The van der Waals surface area contributed by atoms with Crippen LogP contribution in [0.4, 0.5) is 5.69 Å². The van der Waals surface area contributed by atoms with Gasteiger partial charge in [0.05, 0.1) is 17.9 Å². The first-order valence-corrected chi connectivity index (χ1v) is 7.37. The first-order valence-electron chi connectivity index (χ1n) is 7.37. The summed E-state index contributed by atoms with van der Waals surface area (Å²) in [5.74, 6) is -1.77. The van der Waals surface area contributed by atoms with Crippen LogP contribution in [0.5, 0.6) is 0 Å². The lowest BCUT2D eigenvalue weighted by Gasteiger charge is -2.24. The molecule has 22 heavy (non-hydrogen) atoms. The lowest BCUT2D eigenvalue weighted by molar-refractivity contribution is -0.145. The third-order valence-corrected chi connectivity index (χ3v) is 3.79. The average Bonchev–Trinajstić information content (AvgIpc) is 2.69. The van der Waals surface area contributed by atoms with E-state index in [9.17, 15) is 14.4 Å². The first-order chi connectivity index (χ1) is 10.2. The Hall–Kier alpha value is -2.17. The highest BCUT2D eigenvalue weighted by Crippen LogP contribution is 2.34. The SMILES string of the molecule is CCOC(=O)C(C)N1C(=O)C(=O)c2cc(C(C)(C)C)ccc21. The number of hydrogen-bond acceptors (Lipinski definition) is 4. The maximum Gasteiger partial charge on any atom is 0.328 e. The fraction of sp³-hybridized carbons (Fsp3) is 0.471. The quantitative estimate of drug-likeness (QED) is 0.635. The number of Topliss-reactive ketones (excluding diaryl/α,β-unsaturated/α-hetero) is 1. The molecule has 0 bridgehead atoms. The van der Waals surface area contributed by atoms with E-state index >= 15 is 0 Å². The Labute approximate surface area is 130 Å². The second-order valence-corrected chi connectivity index (χ2v) is 6.41. The van der Waals surface area contributed by atoms with Crippen molar-refractivity contribution in [1.82, 2.24) is 0 Å². The molecule has 0 saturated carbocycles. The fourth-order valence-electron chi connectivity index (χ4n) is 2.48. The number of anilines is 1. The minimum Gasteiger partial charge on any atom is -0.464 e. The van der Waals surface area contributed by atoms with Gasteiger partial charge in [0, 0.05) is 0 Å². The van der Waals surface area contributed by atoms with E-state index in [4.69, 9.17) is 4.74 Å². The number of carbonyl (C=O) groups is 3. The number of esters is 1. The summed E-state index contributed by atoms with van der Waals surface area (Å²) in [6.07, 6.45) is 0. The summed E-state index contributed by atoms with van der Waals surface area (Å²) < 4.78 is 4.95. The molecule has 1 aromatic carbocycles. The van der Waals surface area contributed by atoms with Crippen molar-refractivity contribution in [2.24, 2.45) is 0 Å². The van der Waals surface area contributed by atoms with Crippen molar-refractivity contribution in [3.8, 4) is 0 Å². The van der Waals surface area contributed by atoms with Crippen molar-refractivity contribution in [2.45, 2.75) is 46.1 Å². The Bertz CT molecular complexity index is 643. The molecule has 1 aromatic rings. The summed E-state index contributed by atoms with van der Waals surface area (Å²) >= 11 is 0. The van der Waals surface area contributed by atoms with E-state index in [1.165, 1.54) is 4.90 Å². The van der Waals surface area contributed by atoms with Crippen LogP contribution in [0, 0.1) is 0 Å². The van der Waals surface area contributed by atoms with E-state index in [2.05, 4.69) is 0 Å². The van der Waals surface area contributed by atoms with Gasteiger partial charge in [-0.05, 0) is 37.0 Å². The van der Waals surface area contributed by atoms with Crippen molar-refractivity contribution in [3.63, 3.8) is 0 Å². The molecule has 5 nitrogen and oxygen atoms in total. The zero-order valence-corrected chi connectivity index (χ0v) is 13.6. The molecule has 0 spiro atoms. The largest absolute Gasteiger partial charge is 0.464 e. The van der Waals surface area contributed by atoms with E-state index in [-0.39, 0.29) is 12.0 Å². The Kier molecular flexibility index (Phi) is 4.09.